The topological polar surface area (TPSA) is 92.9 Å². The van der Waals surface area contributed by atoms with E-state index in [0.717, 1.165) is 11.9 Å². The molecule has 3 heterocycles. The van der Waals surface area contributed by atoms with E-state index in [4.69, 9.17) is 4.74 Å². The molecule has 0 radical (unpaired) electrons. The van der Waals surface area contributed by atoms with Gasteiger partial charge in [-0.3, -0.25) is 0 Å². The van der Waals surface area contributed by atoms with Crippen molar-refractivity contribution < 1.29 is 17.5 Å². The third kappa shape index (κ3) is 3.19. The van der Waals surface area contributed by atoms with Gasteiger partial charge in [0.05, 0.1) is 12.0 Å². The predicted molar refractivity (Wildman–Crippen MR) is 94.7 cm³/mol. The molecule has 142 valence electrons. The van der Waals surface area contributed by atoms with Gasteiger partial charge in [0.2, 0.25) is 10.0 Å². The zero-order valence-electron chi connectivity index (χ0n) is 14.5. The Morgan fingerprint density at radius 2 is 1.89 bits per heavy atom. The van der Waals surface area contributed by atoms with Crippen molar-refractivity contribution >= 4 is 21.5 Å². The molecular formula is C16H17FN6O3S. The molecule has 1 saturated heterocycles. The molecule has 0 N–H and O–H groups in total. The van der Waals surface area contributed by atoms with Gasteiger partial charge in [-0.25, -0.2) is 12.8 Å². The van der Waals surface area contributed by atoms with Gasteiger partial charge in [-0.15, -0.1) is 15.3 Å². The first-order chi connectivity index (χ1) is 13.0. The van der Waals surface area contributed by atoms with Gasteiger partial charge in [0.15, 0.2) is 17.2 Å². The molecule has 0 aliphatic carbocycles. The minimum absolute atomic E-state index is 0.00854. The number of fused-ring (bicyclic) bond motifs is 1. The lowest BCUT2D eigenvalue weighted by Crippen LogP contribution is -2.49. The maximum Gasteiger partial charge on any atom is 0.243 e. The van der Waals surface area contributed by atoms with E-state index in [-0.39, 0.29) is 23.7 Å². The summed E-state index contributed by atoms with van der Waals surface area (Å²) >= 11 is 0. The number of hydrogen-bond donors (Lipinski definition) is 0. The quantitative estimate of drug-likeness (QED) is 0.648. The number of methoxy groups -OCH3 is 1. The molecule has 3 aromatic rings. The number of nitrogens with zero attached hydrogens (tertiary/aromatic N) is 6. The number of ether oxygens (including phenoxy) is 1. The molecule has 27 heavy (non-hydrogen) atoms. The van der Waals surface area contributed by atoms with Crippen molar-refractivity contribution in [3.05, 3.63) is 42.5 Å². The number of aromatic nitrogens is 4. The fraction of sp³-hybridized carbons (Fsp3) is 0.312. The van der Waals surface area contributed by atoms with Crippen molar-refractivity contribution in [3.8, 4) is 5.75 Å². The summed E-state index contributed by atoms with van der Waals surface area (Å²) in [7, 11) is -2.44. The molecule has 0 spiro atoms. The van der Waals surface area contributed by atoms with Crippen molar-refractivity contribution in [3.63, 3.8) is 0 Å². The van der Waals surface area contributed by atoms with Gasteiger partial charge in [-0.1, -0.05) is 0 Å². The van der Waals surface area contributed by atoms with E-state index in [1.807, 2.05) is 11.0 Å². The lowest BCUT2D eigenvalue weighted by molar-refractivity contribution is 0.379. The number of rotatable bonds is 4. The van der Waals surface area contributed by atoms with Crippen LogP contribution in [0.4, 0.5) is 10.2 Å². The fourth-order valence-corrected chi connectivity index (χ4v) is 4.44. The summed E-state index contributed by atoms with van der Waals surface area (Å²) in [5.41, 5.74) is 0.640. The molecule has 1 fully saturated rings. The summed E-state index contributed by atoms with van der Waals surface area (Å²) < 4.78 is 47.2. The smallest absolute Gasteiger partial charge is 0.243 e. The van der Waals surface area contributed by atoms with Gasteiger partial charge in [0.25, 0.3) is 0 Å². The van der Waals surface area contributed by atoms with Crippen LogP contribution in [0.1, 0.15) is 0 Å². The number of anilines is 1. The van der Waals surface area contributed by atoms with Gasteiger partial charge in [0, 0.05) is 26.2 Å². The Kier molecular flexibility index (Phi) is 4.40. The number of benzene rings is 1. The maximum atomic E-state index is 13.9. The second-order valence-electron chi connectivity index (χ2n) is 6.01. The highest BCUT2D eigenvalue weighted by Gasteiger charge is 2.29. The Balaban J connectivity index is 1.50. The van der Waals surface area contributed by atoms with Gasteiger partial charge < -0.3 is 9.64 Å². The average molecular weight is 392 g/mol. The predicted octanol–water partition coefficient (Wildman–Crippen LogP) is 0.783. The molecule has 0 bridgehead atoms. The molecule has 9 nitrogen and oxygen atoms in total. The van der Waals surface area contributed by atoms with E-state index in [2.05, 4.69) is 15.3 Å². The second kappa shape index (κ2) is 6.74. The fourth-order valence-electron chi connectivity index (χ4n) is 3.00. The Bertz CT molecular complexity index is 1080. The summed E-state index contributed by atoms with van der Waals surface area (Å²) in [6.45, 7) is 1.49. The first kappa shape index (κ1) is 17.6. The van der Waals surface area contributed by atoms with Crippen molar-refractivity contribution in [2.75, 3.05) is 38.2 Å². The normalized spacial score (nSPS) is 16.0. The molecule has 1 aliphatic heterocycles. The summed E-state index contributed by atoms with van der Waals surface area (Å²) in [6.07, 6.45) is 1.51. The van der Waals surface area contributed by atoms with Crippen molar-refractivity contribution in [2.24, 2.45) is 0 Å². The van der Waals surface area contributed by atoms with E-state index in [0.29, 0.717) is 18.7 Å². The summed E-state index contributed by atoms with van der Waals surface area (Å²) in [5.74, 6) is 0.0210. The lowest BCUT2D eigenvalue weighted by Gasteiger charge is -2.34. The molecule has 1 aliphatic rings. The largest absolute Gasteiger partial charge is 0.494 e. The first-order valence-electron chi connectivity index (χ1n) is 8.25. The van der Waals surface area contributed by atoms with Crippen LogP contribution in [0.2, 0.25) is 0 Å². The molecular weight excluding hydrogens is 375 g/mol. The van der Waals surface area contributed by atoms with E-state index >= 15 is 0 Å². The minimum atomic E-state index is -3.78. The Morgan fingerprint density at radius 3 is 2.59 bits per heavy atom. The van der Waals surface area contributed by atoms with E-state index in [9.17, 15) is 12.8 Å². The lowest BCUT2D eigenvalue weighted by atomic mass is 10.3. The standard InChI is InChI=1S/C16H17FN6O3S/c1-26-14-3-2-12(10-13(14)17)27(24,25)22-8-6-21(7-9-22)16-5-4-15-19-18-11-23(15)20-16/h2-5,10-11H,6-9H2,1H3. The van der Waals surface area contributed by atoms with Crippen LogP contribution in [0.3, 0.4) is 0 Å². The first-order valence-corrected chi connectivity index (χ1v) is 9.69. The van der Waals surface area contributed by atoms with E-state index in [1.54, 1.807) is 10.6 Å². The summed E-state index contributed by atoms with van der Waals surface area (Å²) in [5, 5.41) is 12.1. The molecule has 4 rings (SSSR count). The molecule has 1 aromatic carbocycles. The zero-order chi connectivity index (χ0) is 19.0. The van der Waals surface area contributed by atoms with Gasteiger partial charge in [-0.2, -0.15) is 8.82 Å². The van der Waals surface area contributed by atoms with Crippen LogP contribution in [-0.2, 0) is 10.0 Å². The van der Waals surface area contributed by atoms with Crippen LogP contribution >= 0.6 is 0 Å². The monoisotopic (exact) mass is 392 g/mol. The van der Waals surface area contributed by atoms with Gasteiger partial charge in [-0.05, 0) is 30.3 Å². The third-order valence-electron chi connectivity index (χ3n) is 4.47. The highest BCUT2D eigenvalue weighted by Crippen LogP contribution is 2.24. The van der Waals surface area contributed by atoms with Gasteiger partial charge >= 0.3 is 0 Å². The van der Waals surface area contributed by atoms with Crippen molar-refractivity contribution in [1.29, 1.82) is 0 Å². The van der Waals surface area contributed by atoms with Crippen molar-refractivity contribution in [2.45, 2.75) is 4.90 Å². The molecule has 0 unspecified atom stereocenters. The number of piperazine rings is 1. The molecule has 11 heteroatoms. The average Bonchev–Trinajstić information content (AvgIpc) is 3.16. The minimum Gasteiger partial charge on any atom is -0.494 e. The Labute approximate surface area is 155 Å². The highest BCUT2D eigenvalue weighted by molar-refractivity contribution is 7.89. The molecule has 0 atom stereocenters. The van der Waals surface area contributed by atoms with Crippen LogP contribution < -0.4 is 9.64 Å². The van der Waals surface area contributed by atoms with Crippen LogP contribution in [0.25, 0.3) is 5.65 Å². The maximum absolute atomic E-state index is 13.9. The third-order valence-corrected chi connectivity index (χ3v) is 6.37. The number of sulfonamides is 1. The number of halogens is 1. The second-order valence-corrected chi connectivity index (χ2v) is 7.95. The van der Waals surface area contributed by atoms with Gasteiger partial charge in [0.1, 0.15) is 12.1 Å². The van der Waals surface area contributed by atoms with E-state index < -0.39 is 15.8 Å². The number of hydrogen-bond acceptors (Lipinski definition) is 7. The highest BCUT2D eigenvalue weighted by atomic mass is 32.2. The molecule has 2 aromatic heterocycles. The SMILES string of the molecule is COc1ccc(S(=O)(=O)N2CCN(c3ccc4nncn4n3)CC2)cc1F. The van der Waals surface area contributed by atoms with Crippen LogP contribution in [0, 0.1) is 5.82 Å². The van der Waals surface area contributed by atoms with Crippen LogP contribution in [0.15, 0.2) is 41.6 Å². The zero-order valence-corrected chi connectivity index (χ0v) is 15.3. The Morgan fingerprint density at radius 1 is 1.11 bits per heavy atom. The van der Waals surface area contributed by atoms with Crippen LogP contribution in [0.5, 0.6) is 5.75 Å². The van der Waals surface area contributed by atoms with Crippen molar-refractivity contribution in [1.82, 2.24) is 24.1 Å². The molecule has 0 amide bonds. The molecule has 0 saturated carbocycles. The summed E-state index contributed by atoms with van der Waals surface area (Å²) in [4.78, 5) is 1.90. The van der Waals surface area contributed by atoms with E-state index in [1.165, 1.54) is 29.9 Å². The Hall–Kier alpha value is -2.79. The van der Waals surface area contributed by atoms with Crippen LogP contribution in [-0.4, -0.2) is 65.8 Å². The summed E-state index contributed by atoms with van der Waals surface area (Å²) in [6, 6.07) is 7.29.